The summed E-state index contributed by atoms with van der Waals surface area (Å²) < 4.78 is 5.31. The number of nitrogens with zero attached hydrogens (tertiary/aromatic N) is 5. The Balaban J connectivity index is 1.82. The summed E-state index contributed by atoms with van der Waals surface area (Å²) in [4.78, 5) is 14.0. The molecular formula is C17H14N6O3. The second-order valence-corrected chi connectivity index (χ2v) is 5.23. The Hall–Kier alpha value is -3.88. The van der Waals surface area contributed by atoms with Crippen LogP contribution in [0, 0.1) is 17.0 Å². The van der Waals surface area contributed by atoms with Gasteiger partial charge in [0.25, 0.3) is 5.69 Å². The second-order valence-electron chi connectivity index (χ2n) is 5.23. The van der Waals surface area contributed by atoms with E-state index < -0.39 is 4.92 Å². The smallest absolute Gasteiger partial charge is 0.287 e. The highest BCUT2D eigenvalue weighted by Crippen LogP contribution is 2.16. The summed E-state index contributed by atoms with van der Waals surface area (Å²) in [6.45, 7) is 1.97. The zero-order chi connectivity index (χ0) is 18.4. The number of azo groups is 1. The molecule has 0 aliphatic carbocycles. The van der Waals surface area contributed by atoms with Crippen LogP contribution in [-0.4, -0.2) is 15.7 Å². The van der Waals surface area contributed by atoms with Crippen molar-refractivity contribution in [1.29, 1.82) is 0 Å². The first-order chi connectivity index (χ1) is 12.6. The van der Waals surface area contributed by atoms with Crippen molar-refractivity contribution in [2.45, 2.75) is 6.92 Å². The third-order valence-electron chi connectivity index (χ3n) is 3.24. The van der Waals surface area contributed by atoms with Crippen molar-refractivity contribution in [1.82, 2.24) is 4.98 Å². The molecule has 26 heavy (non-hydrogen) atoms. The first-order valence-corrected chi connectivity index (χ1v) is 7.58. The molecule has 130 valence electrons. The first kappa shape index (κ1) is 17.0. The van der Waals surface area contributed by atoms with Crippen LogP contribution in [0.3, 0.4) is 0 Å². The molecule has 0 spiro atoms. The van der Waals surface area contributed by atoms with Crippen LogP contribution in [0.1, 0.15) is 11.3 Å². The van der Waals surface area contributed by atoms with Crippen LogP contribution in [0.2, 0.25) is 0 Å². The van der Waals surface area contributed by atoms with E-state index in [0.29, 0.717) is 5.76 Å². The van der Waals surface area contributed by atoms with Crippen molar-refractivity contribution in [2.75, 3.05) is 5.43 Å². The number of amidine groups is 1. The highest BCUT2D eigenvalue weighted by atomic mass is 16.6. The lowest BCUT2D eigenvalue weighted by Gasteiger charge is -2.02. The van der Waals surface area contributed by atoms with Crippen LogP contribution in [-0.2, 0) is 0 Å². The maximum atomic E-state index is 10.6. The molecule has 1 N–H and O–H groups in total. The van der Waals surface area contributed by atoms with Gasteiger partial charge in [-0.2, -0.15) is 0 Å². The quantitative estimate of drug-likeness (QED) is 0.240. The highest BCUT2D eigenvalue weighted by Gasteiger charge is 2.08. The van der Waals surface area contributed by atoms with Gasteiger partial charge in [0.2, 0.25) is 5.84 Å². The molecule has 0 unspecified atom stereocenters. The summed E-state index contributed by atoms with van der Waals surface area (Å²) in [5, 5.41) is 22.9. The normalized spacial score (nSPS) is 11.7. The van der Waals surface area contributed by atoms with Crippen molar-refractivity contribution >= 4 is 23.0 Å². The van der Waals surface area contributed by atoms with Crippen molar-refractivity contribution in [3.63, 3.8) is 0 Å². The largest absolute Gasteiger partial charge is 0.461 e. The number of nitro groups is 1. The highest BCUT2D eigenvalue weighted by molar-refractivity contribution is 5.97. The second kappa shape index (κ2) is 7.79. The third kappa shape index (κ3) is 4.35. The fraction of sp³-hybridized carbons (Fsp3) is 0.0588. The Morgan fingerprint density at radius 1 is 1.23 bits per heavy atom. The molecular weight excluding hydrogens is 336 g/mol. The lowest BCUT2D eigenvalue weighted by molar-refractivity contribution is -0.385. The molecule has 2 aromatic heterocycles. The zero-order valence-electron chi connectivity index (χ0n) is 13.7. The molecule has 0 saturated carbocycles. The molecule has 0 radical (unpaired) electrons. The minimum Gasteiger partial charge on any atom is -0.461 e. The number of anilines is 1. The van der Waals surface area contributed by atoms with Crippen molar-refractivity contribution in [3.8, 4) is 0 Å². The molecule has 0 amide bonds. The van der Waals surface area contributed by atoms with Gasteiger partial charge in [-0.1, -0.05) is 12.1 Å². The molecule has 0 saturated heterocycles. The van der Waals surface area contributed by atoms with Gasteiger partial charge in [-0.05, 0) is 42.8 Å². The molecule has 0 aliphatic heterocycles. The number of hydrogen-bond donors (Lipinski definition) is 1. The van der Waals surface area contributed by atoms with Crippen LogP contribution in [0.25, 0.3) is 0 Å². The Morgan fingerprint density at radius 3 is 2.77 bits per heavy atom. The van der Waals surface area contributed by atoms with Crippen molar-refractivity contribution in [2.24, 2.45) is 15.3 Å². The van der Waals surface area contributed by atoms with E-state index >= 15 is 0 Å². The monoisotopic (exact) mass is 350 g/mol. The number of nitrogens with one attached hydrogen (secondary N) is 1. The van der Waals surface area contributed by atoms with Gasteiger partial charge in [-0.3, -0.25) is 15.5 Å². The predicted octanol–water partition coefficient (Wildman–Crippen LogP) is 4.45. The fourth-order valence-electron chi connectivity index (χ4n) is 2.01. The van der Waals surface area contributed by atoms with Gasteiger partial charge >= 0.3 is 0 Å². The van der Waals surface area contributed by atoms with E-state index in [-0.39, 0.29) is 17.3 Å². The number of aromatic nitrogens is 1. The molecule has 2 heterocycles. The first-order valence-electron chi connectivity index (χ1n) is 7.58. The summed E-state index contributed by atoms with van der Waals surface area (Å²) in [5.74, 6) is 0.831. The van der Waals surface area contributed by atoms with Gasteiger partial charge in [0.15, 0.2) is 11.6 Å². The lowest BCUT2D eigenvalue weighted by Crippen LogP contribution is -2.00. The summed E-state index contributed by atoms with van der Waals surface area (Å²) in [5.41, 5.74) is 4.65. The van der Waals surface area contributed by atoms with Crippen molar-refractivity contribution < 1.29 is 9.34 Å². The van der Waals surface area contributed by atoms with Crippen LogP contribution in [0.5, 0.6) is 0 Å². The van der Waals surface area contributed by atoms with Crippen molar-refractivity contribution in [3.05, 3.63) is 82.4 Å². The Labute approximate surface area is 148 Å². The van der Waals surface area contributed by atoms with E-state index in [9.17, 15) is 10.1 Å². The average Bonchev–Trinajstić information content (AvgIpc) is 3.17. The van der Waals surface area contributed by atoms with Gasteiger partial charge in [-0.25, -0.2) is 4.98 Å². The van der Waals surface area contributed by atoms with Gasteiger partial charge in [0.1, 0.15) is 6.20 Å². The minimum atomic E-state index is -0.532. The number of aryl methyl sites for hydroxylation is 1. The van der Waals surface area contributed by atoms with Crippen LogP contribution in [0.15, 0.2) is 80.7 Å². The van der Waals surface area contributed by atoms with E-state index in [1.807, 2.05) is 31.2 Å². The Morgan fingerprint density at radius 2 is 2.12 bits per heavy atom. The Kier molecular flexibility index (Phi) is 5.08. The van der Waals surface area contributed by atoms with Crippen LogP contribution < -0.4 is 5.43 Å². The molecule has 0 bridgehead atoms. The molecule has 9 heteroatoms. The number of benzene rings is 1. The summed E-state index contributed by atoms with van der Waals surface area (Å²) in [7, 11) is 0. The predicted molar refractivity (Wildman–Crippen MR) is 95.5 cm³/mol. The fourth-order valence-corrected chi connectivity index (χ4v) is 2.01. The van der Waals surface area contributed by atoms with E-state index in [1.54, 1.807) is 12.1 Å². The lowest BCUT2D eigenvalue weighted by atomic mass is 10.2. The molecule has 0 aliphatic rings. The number of pyridine rings is 1. The van der Waals surface area contributed by atoms with E-state index in [0.717, 1.165) is 17.4 Å². The molecule has 0 fully saturated rings. The molecule has 9 nitrogen and oxygen atoms in total. The number of hydrazone groups is 1. The molecule has 3 rings (SSSR count). The minimum absolute atomic E-state index is 0.120. The number of hydrogen-bond acceptors (Lipinski definition) is 7. The SMILES string of the molecule is Cc1cccc(NN=C(N=Nc2ccc([N+](=O)[O-])cn2)c2ccco2)c1. The summed E-state index contributed by atoms with van der Waals surface area (Å²) >= 11 is 0. The summed E-state index contributed by atoms with van der Waals surface area (Å²) in [6.07, 6.45) is 2.61. The molecule has 0 atom stereocenters. The van der Waals surface area contributed by atoms with E-state index in [4.69, 9.17) is 4.42 Å². The van der Waals surface area contributed by atoms with Crippen LogP contribution in [0.4, 0.5) is 17.2 Å². The third-order valence-corrected chi connectivity index (χ3v) is 3.24. The maximum absolute atomic E-state index is 10.6. The number of furan rings is 1. The Bertz CT molecular complexity index is 949. The molecule has 1 aromatic carbocycles. The average molecular weight is 350 g/mol. The van der Waals surface area contributed by atoms with Gasteiger partial charge in [0, 0.05) is 6.07 Å². The molecule has 3 aromatic rings. The van der Waals surface area contributed by atoms with E-state index in [1.165, 1.54) is 18.4 Å². The maximum Gasteiger partial charge on any atom is 0.287 e. The van der Waals surface area contributed by atoms with Gasteiger partial charge in [0.05, 0.1) is 16.9 Å². The zero-order valence-corrected chi connectivity index (χ0v) is 13.7. The topological polar surface area (TPSA) is 118 Å². The standard InChI is InChI=1S/C17H14N6O3/c1-12-4-2-5-13(10-12)19-21-17(15-6-3-9-26-15)22-20-16-8-7-14(11-18-16)23(24)25/h2-11,19H,1H3. The van der Waals surface area contributed by atoms with Gasteiger partial charge in [-0.15, -0.1) is 15.3 Å². The van der Waals surface area contributed by atoms with Crippen LogP contribution >= 0.6 is 0 Å². The van der Waals surface area contributed by atoms with E-state index in [2.05, 4.69) is 25.7 Å². The summed E-state index contributed by atoms with van der Waals surface area (Å²) in [6, 6.07) is 13.8. The van der Waals surface area contributed by atoms with Gasteiger partial charge < -0.3 is 4.42 Å². The number of rotatable bonds is 5.